The summed E-state index contributed by atoms with van der Waals surface area (Å²) in [4.78, 5) is 0. The molecule has 2 N–H and O–H groups in total. The normalized spacial score (nSPS) is 11.3. The number of para-hydroxylation sites is 2. The Balaban J connectivity index is 1.76. The van der Waals surface area contributed by atoms with Crippen LogP contribution in [0.5, 0.6) is 0 Å². The molecule has 2 nitrogen and oxygen atoms in total. The molecule has 4 rings (SSSR count). The molecular formula is C24H20N2. The van der Waals surface area contributed by atoms with Crippen LogP contribution >= 0.6 is 0 Å². The van der Waals surface area contributed by atoms with Gasteiger partial charge in [0.05, 0.1) is 5.70 Å². The maximum Gasteiger partial charge on any atom is 0.0627 e. The molecule has 26 heavy (non-hydrogen) atoms. The van der Waals surface area contributed by atoms with Gasteiger partial charge < -0.3 is 10.6 Å². The zero-order valence-electron chi connectivity index (χ0n) is 14.4. The molecule has 0 spiro atoms. The van der Waals surface area contributed by atoms with Gasteiger partial charge in [-0.25, -0.2) is 0 Å². The summed E-state index contributed by atoms with van der Waals surface area (Å²) in [5, 5.41) is 9.41. The van der Waals surface area contributed by atoms with Gasteiger partial charge in [-0.2, -0.15) is 0 Å². The molecular weight excluding hydrogens is 316 g/mol. The second kappa shape index (κ2) is 7.58. The molecule has 4 aromatic rings. The van der Waals surface area contributed by atoms with Crippen molar-refractivity contribution in [1.29, 1.82) is 0 Å². The number of fused-ring (bicyclic) bond motifs is 1. The quantitative estimate of drug-likeness (QED) is 0.443. The first-order chi connectivity index (χ1) is 12.9. The molecule has 0 saturated heterocycles. The van der Waals surface area contributed by atoms with E-state index >= 15 is 0 Å². The molecule has 0 aromatic heterocycles. The molecule has 0 aliphatic carbocycles. The van der Waals surface area contributed by atoms with E-state index in [-0.39, 0.29) is 0 Å². The monoisotopic (exact) mass is 336 g/mol. The van der Waals surface area contributed by atoms with E-state index in [0.29, 0.717) is 0 Å². The lowest BCUT2D eigenvalue weighted by molar-refractivity contribution is 1.51. The molecule has 0 heterocycles. The second-order valence-electron chi connectivity index (χ2n) is 6.09. The molecule has 0 fully saturated rings. The molecule has 0 atom stereocenters. The Bertz CT molecular complexity index is 1020. The Hall–Kier alpha value is -3.52. The van der Waals surface area contributed by atoms with Gasteiger partial charge in [-0.05, 0) is 35.0 Å². The van der Waals surface area contributed by atoms with Crippen LogP contribution in [0.25, 0.3) is 16.5 Å². The fraction of sp³-hybridized carbons (Fsp3) is 0. The van der Waals surface area contributed by atoms with Crippen LogP contribution in [0.3, 0.4) is 0 Å². The van der Waals surface area contributed by atoms with Crippen molar-refractivity contribution in [3.63, 3.8) is 0 Å². The van der Waals surface area contributed by atoms with Crippen molar-refractivity contribution in [2.24, 2.45) is 0 Å². The van der Waals surface area contributed by atoms with Crippen LogP contribution in [0.1, 0.15) is 5.56 Å². The highest BCUT2D eigenvalue weighted by atomic mass is 14.9. The maximum atomic E-state index is 3.56. The summed E-state index contributed by atoms with van der Waals surface area (Å²) in [5.74, 6) is 0. The summed E-state index contributed by atoms with van der Waals surface area (Å²) in [6.07, 6.45) is 2.03. The third kappa shape index (κ3) is 3.60. The summed E-state index contributed by atoms with van der Waals surface area (Å²) >= 11 is 0. The van der Waals surface area contributed by atoms with Crippen molar-refractivity contribution in [3.8, 4) is 0 Å². The first-order valence-corrected chi connectivity index (χ1v) is 8.72. The molecule has 0 unspecified atom stereocenters. The molecule has 0 amide bonds. The molecule has 0 bridgehead atoms. The maximum absolute atomic E-state index is 3.56. The van der Waals surface area contributed by atoms with Crippen LogP contribution < -0.4 is 10.6 Å². The highest BCUT2D eigenvalue weighted by Gasteiger charge is 2.07. The molecule has 126 valence electrons. The van der Waals surface area contributed by atoms with E-state index in [0.717, 1.165) is 22.6 Å². The van der Waals surface area contributed by atoms with E-state index in [1.54, 1.807) is 0 Å². The molecule has 2 heteroatoms. The van der Waals surface area contributed by atoms with E-state index < -0.39 is 0 Å². The van der Waals surface area contributed by atoms with Gasteiger partial charge in [-0.1, -0.05) is 78.9 Å². The fourth-order valence-corrected chi connectivity index (χ4v) is 3.01. The van der Waals surface area contributed by atoms with Gasteiger partial charge in [0.2, 0.25) is 0 Å². The topological polar surface area (TPSA) is 24.1 Å². The van der Waals surface area contributed by atoms with E-state index in [2.05, 4.69) is 77.4 Å². The smallest absolute Gasteiger partial charge is 0.0627 e. The lowest BCUT2D eigenvalue weighted by Gasteiger charge is -2.15. The van der Waals surface area contributed by atoms with Crippen LogP contribution in [-0.4, -0.2) is 0 Å². The van der Waals surface area contributed by atoms with Crippen molar-refractivity contribution in [3.05, 3.63) is 115 Å². The van der Waals surface area contributed by atoms with Gasteiger partial charge in [0, 0.05) is 23.1 Å². The van der Waals surface area contributed by atoms with Crippen LogP contribution in [0.15, 0.2) is 109 Å². The summed E-state index contributed by atoms with van der Waals surface area (Å²) in [6, 6.07) is 35.3. The third-order valence-corrected chi connectivity index (χ3v) is 4.29. The first kappa shape index (κ1) is 16.0. The number of anilines is 2. The minimum Gasteiger partial charge on any atom is -0.360 e. The predicted molar refractivity (Wildman–Crippen MR) is 112 cm³/mol. The van der Waals surface area contributed by atoms with Crippen molar-refractivity contribution in [2.45, 2.75) is 0 Å². The minimum absolute atomic E-state index is 1.02. The Labute approximate surface area is 153 Å². The van der Waals surface area contributed by atoms with Crippen LogP contribution in [0.4, 0.5) is 11.4 Å². The van der Waals surface area contributed by atoms with Crippen molar-refractivity contribution in [2.75, 3.05) is 10.6 Å². The standard InChI is InChI=1S/C24H20N2/c1-3-12-20(13-4-1)25-18-24(26-21-14-5-2-6-15-21)23-17-9-11-19-10-7-8-16-22(19)23/h1-18,25-26H/b24-18-. The van der Waals surface area contributed by atoms with Crippen molar-refractivity contribution in [1.82, 2.24) is 0 Å². The average Bonchev–Trinajstić information content (AvgIpc) is 2.72. The first-order valence-electron chi connectivity index (χ1n) is 8.72. The summed E-state index contributed by atoms with van der Waals surface area (Å²) in [7, 11) is 0. The van der Waals surface area contributed by atoms with Crippen LogP contribution in [0.2, 0.25) is 0 Å². The number of benzene rings is 4. The molecule has 4 aromatic carbocycles. The highest BCUT2D eigenvalue weighted by Crippen LogP contribution is 2.26. The SMILES string of the molecule is C(/Nc1ccccc1)=C(/Nc1ccccc1)c1cccc2ccccc12. The van der Waals surface area contributed by atoms with Crippen LogP contribution in [-0.2, 0) is 0 Å². The Kier molecular flexibility index (Phi) is 4.66. The van der Waals surface area contributed by atoms with Gasteiger partial charge in [0.25, 0.3) is 0 Å². The van der Waals surface area contributed by atoms with E-state index in [4.69, 9.17) is 0 Å². The zero-order valence-corrected chi connectivity index (χ0v) is 14.4. The minimum atomic E-state index is 1.02. The van der Waals surface area contributed by atoms with Crippen molar-refractivity contribution < 1.29 is 0 Å². The fourth-order valence-electron chi connectivity index (χ4n) is 3.01. The van der Waals surface area contributed by atoms with Gasteiger partial charge in [-0.15, -0.1) is 0 Å². The summed E-state index contributed by atoms with van der Waals surface area (Å²) < 4.78 is 0. The summed E-state index contributed by atoms with van der Waals surface area (Å²) in [5.41, 5.74) is 4.30. The Morgan fingerprint density at radius 3 is 1.96 bits per heavy atom. The lowest BCUT2D eigenvalue weighted by atomic mass is 10.0. The van der Waals surface area contributed by atoms with Gasteiger partial charge in [0.15, 0.2) is 0 Å². The lowest BCUT2D eigenvalue weighted by Crippen LogP contribution is -2.02. The second-order valence-corrected chi connectivity index (χ2v) is 6.09. The Morgan fingerprint density at radius 1 is 0.577 bits per heavy atom. The molecule has 0 saturated carbocycles. The molecule has 0 radical (unpaired) electrons. The molecule has 0 aliphatic rings. The van der Waals surface area contributed by atoms with Crippen molar-refractivity contribution >= 4 is 27.8 Å². The van der Waals surface area contributed by atoms with E-state index in [9.17, 15) is 0 Å². The van der Waals surface area contributed by atoms with E-state index in [1.807, 2.05) is 42.6 Å². The Morgan fingerprint density at radius 2 is 1.19 bits per heavy atom. The zero-order chi connectivity index (χ0) is 17.6. The van der Waals surface area contributed by atoms with Gasteiger partial charge in [0.1, 0.15) is 0 Å². The highest BCUT2D eigenvalue weighted by molar-refractivity contribution is 5.96. The third-order valence-electron chi connectivity index (χ3n) is 4.29. The summed E-state index contributed by atoms with van der Waals surface area (Å²) in [6.45, 7) is 0. The molecule has 0 aliphatic heterocycles. The largest absolute Gasteiger partial charge is 0.360 e. The van der Waals surface area contributed by atoms with Gasteiger partial charge in [-0.3, -0.25) is 0 Å². The number of hydrogen-bond donors (Lipinski definition) is 2. The van der Waals surface area contributed by atoms with Gasteiger partial charge >= 0.3 is 0 Å². The van der Waals surface area contributed by atoms with Crippen LogP contribution in [0, 0.1) is 0 Å². The number of rotatable bonds is 5. The number of nitrogens with one attached hydrogen (secondary N) is 2. The average molecular weight is 336 g/mol. The van der Waals surface area contributed by atoms with E-state index in [1.165, 1.54) is 10.8 Å². The number of hydrogen-bond acceptors (Lipinski definition) is 2. The predicted octanol–water partition coefficient (Wildman–Crippen LogP) is 6.36.